The molecule has 0 radical (unpaired) electrons. The minimum Gasteiger partial charge on any atom is -0.417 e. The van der Waals surface area contributed by atoms with Gasteiger partial charge in [0.05, 0.1) is 0 Å². The number of hydrogen-bond donors (Lipinski definition) is 0. The minimum absolute atomic E-state index is 0.160. The molecule has 2 nitrogen and oxygen atoms in total. The van der Waals surface area contributed by atoms with E-state index in [0.717, 1.165) is 6.07 Å². The first-order chi connectivity index (χ1) is 6.22. The van der Waals surface area contributed by atoms with E-state index >= 15 is 0 Å². The zero-order valence-corrected chi connectivity index (χ0v) is 7.00. The van der Waals surface area contributed by atoms with Crippen molar-refractivity contribution in [1.29, 1.82) is 0 Å². The molecular formula is C10H7FO2. The summed E-state index contributed by atoms with van der Waals surface area (Å²) in [6.07, 6.45) is 0. The van der Waals surface area contributed by atoms with Crippen LogP contribution in [0.25, 0.3) is 0 Å². The van der Waals surface area contributed by atoms with Crippen molar-refractivity contribution in [2.45, 2.75) is 6.92 Å². The maximum atomic E-state index is 12.6. The van der Waals surface area contributed by atoms with E-state index in [2.05, 4.69) is 16.6 Å². The lowest BCUT2D eigenvalue weighted by Crippen LogP contribution is -2.04. The largest absolute Gasteiger partial charge is 0.417 e. The van der Waals surface area contributed by atoms with Gasteiger partial charge in [0.15, 0.2) is 0 Å². The molecule has 13 heavy (non-hydrogen) atoms. The smallest absolute Gasteiger partial charge is 0.389 e. The minimum atomic E-state index is -0.687. The Morgan fingerprint density at radius 1 is 1.54 bits per heavy atom. The number of halogens is 1. The van der Waals surface area contributed by atoms with Crippen LogP contribution in [0.3, 0.4) is 0 Å². The van der Waals surface area contributed by atoms with Gasteiger partial charge in [-0.1, -0.05) is 12.0 Å². The van der Waals surface area contributed by atoms with Crippen LogP contribution in [0.5, 0.6) is 5.75 Å². The Morgan fingerprint density at radius 2 is 2.31 bits per heavy atom. The van der Waals surface area contributed by atoms with Gasteiger partial charge in [-0.25, -0.2) is 9.18 Å². The Kier molecular flexibility index (Phi) is 3.04. The molecule has 0 bridgehead atoms. The van der Waals surface area contributed by atoms with Crippen molar-refractivity contribution >= 4 is 5.97 Å². The van der Waals surface area contributed by atoms with Crippen LogP contribution < -0.4 is 4.74 Å². The second-order valence-electron chi connectivity index (χ2n) is 2.22. The normalized spacial score (nSPS) is 8.46. The molecule has 0 spiro atoms. The number of carbonyl (C=O) groups is 1. The fraction of sp³-hybridized carbons (Fsp3) is 0.100. The van der Waals surface area contributed by atoms with Crippen molar-refractivity contribution in [1.82, 2.24) is 0 Å². The molecule has 1 rings (SSSR count). The molecule has 0 aliphatic rings. The summed E-state index contributed by atoms with van der Waals surface area (Å²) in [5.74, 6) is 3.59. The monoisotopic (exact) mass is 178 g/mol. The summed E-state index contributed by atoms with van der Waals surface area (Å²) in [4.78, 5) is 10.8. The van der Waals surface area contributed by atoms with Crippen LogP contribution in [0.2, 0.25) is 0 Å². The summed E-state index contributed by atoms with van der Waals surface area (Å²) < 4.78 is 17.3. The zero-order chi connectivity index (χ0) is 9.68. The Labute approximate surface area is 75.3 Å². The van der Waals surface area contributed by atoms with Crippen LogP contribution in [0.15, 0.2) is 24.3 Å². The molecule has 0 aliphatic carbocycles. The molecule has 0 fully saturated rings. The quantitative estimate of drug-likeness (QED) is 0.283. The molecule has 0 heterocycles. The first-order valence-corrected chi connectivity index (χ1v) is 3.62. The fourth-order valence-corrected chi connectivity index (χ4v) is 0.765. The van der Waals surface area contributed by atoms with Crippen molar-refractivity contribution in [3.63, 3.8) is 0 Å². The van der Waals surface area contributed by atoms with E-state index in [-0.39, 0.29) is 5.75 Å². The lowest BCUT2D eigenvalue weighted by Gasteiger charge is -1.98. The second kappa shape index (κ2) is 4.27. The average molecular weight is 178 g/mol. The summed E-state index contributed by atoms with van der Waals surface area (Å²) >= 11 is 0. The molecule has 0 amide bonds. The Morgan fingerprint density at radius 3 is 2.92 bits per heavy atom. The van der Waals surface area contributed by atoms with Gasteiger partial charge in [0, 0.05) is 12.0 Å². The number of hydrogen-bond acceptors (Lipinski definition) is 2. The topological polar surface area (TPSA) is 26.3 Å². The lowest BCUT2D eigenvalue weighted by atomic mass is 10.3. The van der Waals surface area contributed by atoms with Crippen LogP contribution in [-0.4, -0.2) is 5.97 Å². The average Bonchev–Trinajstić information content (AvgIpc) is 2.04. The van der Waals surface area contributed by atoms with Gasteiger partial charge in [-0.3, -0.25) is 0 Å². The van der Waals surface area contributed by atoms with Crippen molar-refractivity contribution in [2.75, 3.05) is 0 Å². The van der Waals surface area contributed by atoms with Gasteiger partial charge in [-0.2, -0.15) is 0 Å². The molecule has 3 heteroatoms. The van der Waals surface area contributed by atoms with E-state index in [4.69, 9.17) is 0 Å². The van der Waals surface area contributed by atoms with E-state index in [0.29, 0.717) is 0 Å². The third-order valence-electron chi connectivity index (χ3n) is 1.23. The number of benzene rings is 1. The molecule has 0 saturated carbocycles. The summed E-state index contributed by atoms with van der Waals surface area (Å²) in [6, 6.07) is 5.33. The first kappa shape index (κ1) is 9.27. The fourth-order valence-electron chi connectivity index (χ4n) is 0.765. The Balaban J connectivity index is 2.73. The third-order valence-corrected chi connectivity index (χ3v) is 1.23. The molecule has 0 aromatic heterocycles. The highest BCUT2D eigenvalue weighted by Gasteiger charge is 2.00. The van der Waals surface area contributed by atoms with E-state index in [1.807, 2.05) is 0 Å². The zero-order valence-electron chi connectivity index (χ0n) is 7.00. The third kappa shape index (κ3) is 2.96. The summed E-state index contributed by atoms with van der Waals surface area (Å²) in [5.41, 5.74) is 0. The number of carbonyl (C=O) groups excluding carboxylic acids is 1. The summed E-state index contributed by atoms with van der Waals surface area (Å²) in [5, 5.41) is 0. The standard InChI is InChI=1S/C10H7FO2/c1-2-4-10(12)13-9-6-3-5-8(11)7-9/h3,5-7H,1H3. The highest BCUT2D eigenvalue weighted by atomic mass is 19.1. The SMILES string of the molecule is CC#CC(=O)Oc1cccc(F)c1. The van der Waals surface area contributed by atoms with Crippen LogP contribution in [0.4, 0.5) is 4.39 Å². The maximum absolute atomic E-state index is 12.6. The van der Waals surface area contributed by atoms with Gasteiger partial charge in [-0.05, 0) is 19.1 Å². The molecule has 0 N–H and O–H groups in total. The number of rotatable bonds is 1. The molecule has 1 aromatic rings. The van der Waals surface area contributed by atoms with Gasteiger partial charge < -0.3 is 4.74 Å². The molecule has 0 atom stereocenters. The van der Waals surface area contributed by atoms with Gasteiger partial charge >= 0.3 is 5.97 Å². The van der Waals surface area contributed by atoms with Crippen molar-refractivity contribution in [2.24, 2.45) is 0 Å². The van der Waals surface area contributed by atoms with Crippen LogP contribution in [0.1, 0.15) is 6.92 Å². The van der Waals surface area contributed by atoms with Crippen molar-refractivity contribution < 1.29 is 13.9 Å². The first-order valence-electron chi connectivity index (χ1n) is 3.62. The summed E-state index contributed by atoms with van der Waals surface area (Å²) in [6.45, 7) is 1.52. The van der Waals surface area contributed by atoms with Gasteiger partial charge in [0.2, 0.25) is 0 Å². The second-order valence-corrected chi connectivity index (χ2v) is 2.22. The molecule has 0 saturated heterocycles. The molecular weight excluding hydrogens is 171 g/mol. The van der Waals surface area contributed by atoms with Crippen LogP contribution >= 0.6 is 0 Å². The predicted octanol–water partition coefficient (Wildman–Crippen LogP) is 1.75. The number of ether oxygens (including phenoxy) is 1. The molecule has 66 valence electrons. The Bertz CT molecular complexity index is 374. The highest BCUT2D eigenvalue weighted by Crippen LogP contribution is 2.11. The van der Waals surface area contributed by atoms with E-state index in [9.17, 15) is 9.18 Å². The van der Waals surface area contributed by atoms with E-state index in [1.165, 1.54) is 25.1 Å². The number of esters is 1. The Hall–Kier alpha value is -1.82. The summed E-state index contributed by atoms with van der Waals surface area (Å²) in [7, 11) is 0. The lowest BCUT2D eigenvalue weighted by molar-refractivity contribution is -0.128. The molecule has 0 unspecified atom stereocenters. The molecule has 0 aliphatic heterocycles. The van der Waals surface area contributed by atoms with E-state index < -0.39 is 11.8 Å². The van der Waals surface area contributed by atoms with E-state index in [1.54, 1.807) is 0 Å². The van der Waals surface area contributed by atoms with Crippen LogP contribution in [0, 0.1) is 17.7 Å². The van der Waals surface area contributed by atoms with Crippen molar-refractivity contribution in [3.8, 4) is 17.6 Å². The maximum Gasteiger partial charge on any atom is 0.389 e. The van der Waals surface area contributed by atoms with Crippen molar-refractivity contribution in [3.05, 3.63) is 30.1 Å². The predicted molar refractivity (Wildman–Crippen MR) is 45.5 cm³/mol. The molecule has 1 aromatic carbocycles. The highest BCUT2D eigenvalue weighted by molar-refractivity contribution is 5.90. The van der Waals surface area contributed by atoms with Gasteiger partial charge in [-0.15, -0.1) is 0 Å². The van der Waals surface area contributed by atoms with Crippen LogP contribution in [-0.2, 0) is 4.79 Å². The van der Waals surface area contributed by atoms with Gasteiger partial charge in [0.25, 0.3) is 0 Å². The van der Waals surface area contributed by atoms with Gasteiger partial charge in [0.1, 0.15) is 11.6 Å².